The Kier molecular flexibility index (Phi) is 6.02. The molecule has 0 atom stereocenters. The minimum Gasteiger partial charge on any atom is -0.497 e. The molecule has 0 saturated heterocycles. The number of aromatic nitrogens is 4. The van der Waals surface area contributed by atoms with E-state index in [0.29, 0.717) is 23.4 Å². The monoisotopic (exact) mass is 436 g/mol. The molecule has 32 heavy (non-hydrogen) atoms. The quantitative estimate of drug-likeness (QED) is 0.518. The highest BCUT2D eigenvalue weighted by atomic mass is 16.5. The van der Waals surface area contributed by atoms with E-state index in [1.807, 2.05) is 0 Å². The van der Waals surface area contributed by atoms with Gasteiger partial charge in [-0.15, -0.1) is 0 Å². The van der Waals surface area contributed by atoms with Crippen molar-refractivity contribution in [1.29, 1.82) is 0 Å². The van der Waals surface area contributed by atoms with Crippen molar-refractivity contribution in [3.05, 3.63) is 63.2 Å². The summed E-state index contributed by atoms with van der Waals surface area (Å²) in [5, 5.41) is 9.45. The number of carbonyl (C=O) groups is 2. The lowest BCUT2D eigenvalue weighted by molar-refractivity contribution is -0.136. The van der Waals surface area contributed by atoms with Crippen LogP contribution >= 0.6 is 0 Å². The van der Waals surface area contributed by atoms with Gasteiger partial charge in [-0.1, -0.05) is 12.1 Å². The van der Waals surface area contributed by atoms with Crippen LogP contribution in [0.25, 0.3) is 5.95 Å². The zero-order valence-electron chi connectivity index (χ0n) is 17.9. The number of amides is 2. The van der Waals surface area contributed by atoms with Gasteiger partial charge in [0.1, 0.15) is 11.6 Å². The number of rotatable bonds is 5. The van der Waals surface area contributed by atoms with Gasteiger partial charge in [0.15, 0.2) is 0 Å². The lowest BCUT2D eigenvalue weighted by Gasteiger charge is -2.15. The molecule has 4 rings (SSSR count). The minimum absolute atomic E-state index is 0.189. The van der Waals surface area contributed by atoms with Crippen LogP contribution in [-0.2, 0) is 29.0 Å². The van der Waals surface area contributed by atoms with Gasteiger partial charge in [-0.3, -0.25) is 19.4 Å². The Labute approximate surface area is 184 Å². The van der Waals surface area contributed by atoms with Crippen molar-refractivity contribution in [2.45, 2.75) is 39.2 Å². The molecule has 166 valence electrons. The number of methoxy groups -OCH3 is 1. The molecule has 0 fully saturated rings. The Hall–Kier alpha value is -3.95. The summed E-state index contributed by atoms with van der Waals surface area (Å²) in [7, 11) is 1.57. The first-order chi connectivity index (χ1) is 15.4. The van der Waals surface area contributed by atoms with Crippen LogP contribution in [0.15, 0.2) is 35.1 Å². The van der Waals surface area contributed by atoms with Gasteiger partial charge in [0, 0.05) is 18.2 Å². The Morgan fingerprint density at radius 2 is 1.91 bits per heavy atom. The predicted octanol–water partition coefficient (Wildman–Crippen LogP) is 1.41. The van der Waals surface area contributed by atoms with Crippen molar-refractivity contribution < 1.29 is 14.3 Å². The summed E-state index contributed by atoms with van der Waals surface area (Å²) in [6.07, 6.45) is 3.36. The molecular weight excluding hydrogens is 412 g/mol. The van der Waals surface area contributed by atoms with Crippen LogP contribution in [0.1, 0.15) is 35.4 Å². The van der Waals surface area contributed by atoms with Crippen molar-refractivity contribution in [3.63, 3.8) is 0 Å². The Bertz CT molecular complexity index is 1210. The number of nitrogens with one attached hydrogen (secondary N) is 3. The molecule has 0 unspecified atom stereocenters. The average Bonchev–Trinajstić information content (AvgIpc) is 3.17. The van der Waals surface area contributed by atoms with E-state index < -0.39 is 11.8 Å². The summed E-state index contributed by atoms with van der Waals surface area (Å²) in [6.45, 7) is 1.93. The number of nitrogens with zero attached hydrogens (tertiary/aromatic N) is 3. The number of aromatic amines is 1. The van der Waals surface area contributed by atoms with Gasteiger partial charge in [-0.2, -0.15) is 9.78 Å². The van der Waals surface area contributed by atoms with E-state index in [4.69, 9.17) is 4.74 Å². The summed E-state index contributed by atoms with van der Waals surface area (Å²) >= 11 is 0. The van der Waals surface area contributed by atoms with E-state index in [-0.39, 0.29) is 23.9 Å². The van der Waals surface area contributed by atoms with Crippen LogP contribution in [0.2, 0.25) is 0 Å². The molecule has 3 N–H and O–H groups in total. The van der Waals surface area contributed by atoms with Gasteiger partial charge in [-0.25, -0.2) is 4.98 Å². The third-order valence-corrected chi connectivity index (χ3v) is 5.27. The van der Waals surface area contributed by atoms with E-state index in [1.165, 1.54) is 4.68 Å². The van der Waals surface area contributed by atoms with Gasteiger partial charge in [0.05, 0.1) is 18.5 Å². The Morgan fingerprint density at radius 3 is 2.66 bits per heavy atom. The van der Waals surface area contributed by atoms with E-state index in [0.717, 1.165) is 30.5 Å². The van der Waals surface area contributed by atoms with E-state index in [1.54, 1.807) is 44.4 Å². The topological polar surface area (TPSA) is 131 Å². The highest BCUT2D eigenvalue weighted by Crippen LogP contribution is 2.19. The zero-order chi connectivity index (χ0) is 22.7. The van der Waals surface area contributed by atoms with Gasteiger partial charge in [-0.05, 0) is 50.3 Å². The summed E-state index contributed by atoms with van der Waals surface area (Å²) in [5.74, 6) is -0.489. The first-order valence-corrected chi connectivity index (χ1v) is 10.4. The van der Waals surface area contributed by atoms with E-state index >= 15 is 0 Å². The number of ether oxygens (including phenoxy) is 1. The van der Waals surface area contributed by atoms with Crippen molar-refractivity contribution in [3.8, 4) is 11.7 Å². The first-order valence-electron chi connectivity index (χ1n) is 10.4. The fraction of sp³-hybridized carbons (Fsp3) is 0.318. The van der Waals surface area contributed by atoms with Gasteiger partial charge >= 0.3 is 11.8 Å². The highest BCUT2D eigenvalue weighted by Gasteiger charge is 2.20. The van der Waals surface area contributed by atoms with E-state index in [2.05, 4.69) is 25.7 Å². The number of carbonyl (C=O) groups excluding carboxylic acids is 2. The predicted molar refractivity (Wildman–Crippen MR) is 117 cm³/mol. The van der Waals surface area contributed by atoms with Gasteiger partial charge < -0.3 is 15.4 Å². The number of hydrogen-bond donors (Lipinski definition) is 3. The summed E-state index contributed by atoms with van der Waals surface area (Å²) in [6, 6.07) is 8.75. The summed E-state index contributed by atoms with van der Waals surface area (Å²) < 4.78 is 6.43. The SMILES string of the molecule is COc1ccc(CNC(=O)C(=O)Nc2cc(C)nn2-c2nc3c(c(=O)[nH]2)CCCC3)cc1. The van der Waals surface area contributed by atoms with E-state index in [9.17, 15) is 14.4 Å². The molecule has 1 aliphatic carbocycles. The van der Waals surface area contributed by atoms with Crippen molar-refractivity contribution in [2.75, 3.05) is 12.4 Å². The highest BCUT2D eigenvalue weighted by molar-refractivity contribution is 6.39. The normalized spacial score (nSPS) is 12.7. The lowest BCUT2D eigenvalue weighted by atomic mass is 9.97. The molecule has 10 nitrogen and oxygen atoms in total. The van der Waals surface area contributed by atoms with Crippen molar-refractivity contribution in [2.24, 2.45) is 0 Å². The summed E-state index contributed by atoms with van der Waals surface area (Å²) in [5.41, 5.74) is 2.67. The van der Waals surface area contributed by atoms with Crippen LogP contribution in [0, 0.1) is 6.92 Å². The molecule has 3 aromatic rings. The Morgan fingerprint density at radius 1 is 1.16 bits per heavy atom. The number of anilines is 1. The number of fused-ring (bicyclic) bond motifs is 1. The molecule has 2 heterocycles. The number of benzene rings is 1. The molecule has 0 saturated carbocycles. The lowest BCUT2D eigenvalue weighted by Crippen LogP contribution is -2.35. The van der Waals surface area contributed by atoms with Crippen molar-refractivity contribution in [1.82, 2.24) is 25.1 Å². The maximum Gasteiger partial charge on any atom is 0.314 e. The molecule has 0 spiro atoms. The molecule has 2 amide bonds. The largest absolute Gasteiger partial charge is 0.497 e. The second-order valence-electron chi connectivity index (χ2n) is 7.59. The van der Waals surface area contributed by atoms with Crippen LogP contribution in [-0.4, -0.2) is 38.7 Å². The van der Waals surface area contributed by atoms with Gasteiger partial charge in [0.25, 0.3) is 5.56 Å². The third kappa shape index (κ3) is 4.53. The molecule has 10 heteroatoms. The molecule has 0 aliphatic heterocycles. The van der Waals surface area contributed by atoms with Crippen LogP contribution in [0.4, 0.5) is 5.82 Å². The minimum atomic E-state index is -0.847. The van der Waals surface area contributed by atoms with Crippen LogP contribution in [0.5, 0.6) is 5.75 Å². The standard InChI is InChI=1S/C22H24N6O4/c1-13-11-18(25-21(31)20(30)23-12-14-7-9-15(32-2)10-8-14)28(27-13)22-24-17-6-4-3-5-16(17)19(29)26-22/h7-11H,3-6,12H2,1-2H3,(H,23,30)(H,25,31)(H,24,26,29). The van der Waals surface area contributed by atoms with Crippen LogP contribution < -0.4 is 20.9 Å². The third-order valence-electron chi connectivity index (χ3n) is 5.27. The first kappa shape index (κ1) is 21.3. The molecule has 2 aromatic heterocycles. The fourth-order valence-electron chi connectivity index (χ4n) is 3.62. The molecule has 0 radical (unpaired) electrons. The maximum absolute atomic E-state index is 12.5. The summed E-state index contributed by atoms with van der Waals surface area (Å²) in [4.78, 5) is 44.5. The second-order valence-corrected chi connectivity index (χ2v) is 7.59. The molecular formula is C22H24N6O4. The smallest absolute Gasteiger partial charge is 0.314 e. The van der Waals surface area contributed by atoms with Crippen LogP contribution in [0.3, 0.4) is 0 Å². The maximum atomic E-state index is 12.5. The molecule has 1 aromatic carbocycles. The second kappa shape index (κ2) is 9.04. The molecule has 1 aliphatic rings. The molecule has 0 bridgehead atoms. The number of H-pyrrole nitrogens is 1. The number of hydrogen-bond acceptors (Lipinski definition) is 6. The van der Waals surface area contributed by atoms with Gasteiger partial charge in [0.2, 0.25) is 5.95 Å². The fourth-order valence-corrected chi connectivity index (χ4v) is 3.62. The Balaban J connectivity index is 1.48. The van der Waals surface area contributed by atoms with Crippen molar-refractivity contribution >= 4 is 17.6 Å². The zero-order valence-corrected chi connectivity index (χ0v) is 17.9. The average molecular weight is 436 g/mol. The number of aryl methyl sites for hydroxylation is 2.